The second-order valence-corrected chi connectivity index (χ2v) is 10.8. The van der Waals surface area contributed by atoms with E-state index in [0.29, 0.717) is 24.1 Å². The zero-order valence-electron chi connectivity index (χ0n) is 21.5. The third-order valence-corrected chi connectivity index (χ3v) is 8.35. The molecule has 11 heteroatoms. The van der Waals surface area contributed by atoms with Gasteiger partial charge in [-0.25, -0.2) is 9.97 Å². The minimum atomic E-state index is -4.48. The first-order valence-corrected chi connectivity index (χ1v) is 13.4. The molecule has 1 aromatic carbocycles. The molecule has 0 radical (unpaired) electrons. The number of alkyl halides is 3. The second kappa shape index (κ2) is 10.7. The quantitative estimate of drug-likeness (QED) is 0.471. The molecule has 1 amide bonds. The van der Waals surface area contributed by atoms with E-state index < -0.39 is 11.7 Å². The summed E-state index contributed by atoms with van der Waals surface area (Å²) in [6.07, 6.45) is 4.73. The van der Waals surface area contributed by atoms with Gasteiger partial charge in [0.15, 0.2) is 0 Å². The Hall–Kier alpha value is -3.31. The molecule has 0 spiro atoms. The van der Waals surface area contributed by atoms with Crippen LogP contribution in [-0.4, -0.2) is 70.7 Å². The second-order valence-electron chi connectivity index (χ2n) is 10.8. The van der Waals surface area contributed by atoms with E-state index in [-0.39, 0.29) is 35.6 Å². The first-order chi connectivity index (χ1) is 18.8. The number of fused-ring (bicyclic) bond motifs is 2. The highest BCUT2D eigenvalue weighted by Gasteiger charge is 2.40. The highest BCUT2D eigenvalue weighted by Crippen LogP contribution is 2.39. The van der Waals surface area contributed by atoms with E-state index in [4.69, 9.17) is 4.74 Å². The minimum Gasteiger partial charge on any atom is -0.380 e. The van der Waals surface area contributed by atoms with Crippen molar-refractivity contribution >= 4 is 22.6 Å². The Morgan fingerprint density at radius 1 is 1.15 bits per heavy atom. The van der Waals surface area contributed by atoms with Crippen molar-refractivity contribution in [3.8, 4) is 0 Å². The Labute approximate surface area is 224 Å². The van der Waals surface area contributed by atoms with Gasteiger partial charge in [0.1, 0.15) is 12.1 Å². The lowest BCUT2D eigenvalue weighted by atomic mass is 9.88. The number of nitrogens with zero attached hydrogens (tertiary/aromatic N) is 4. The lowest BCUT2D eigenvalue weighted by molar-refractivity contribution is -0.137. The van der Waals surface area contributed by atoms with Gasteiger partial charge in [-0.15, -0.1) is 0 Å². The van der Waals surface area contributed by atoms with Crippen LogP contribution in [0.2, 0.25) is 0 Å². The van der Waals surface area contributed by atoms with Gasteiger partial charge in [-0.05, 0) is 72.9 Å². The molecule has 8 nitrogen and oxygen atoms in total. The number of benzene rings is 1. The first-order valence-electron chi connectivity index (χ1n) is 13.4. The van der Waals surface area contributed by atoms with E-state index in [2.05, 4.69) is 36.6 Å². The summed E-state index contributed by atoms with van der Waals surface area (Å²) in [6, 6.07) is 5.75. The molecule has 2 N–H and O–H groups in total. The number of hydrogen-bond donors (Lipinski definition) is 2. The summed E-state index contributed by atoms with van der Waals surface area (Å²) in [6.45, 7) is 3.02. The number of carbonyl (C=O) groups excluding carboxylic acids is 1. The van der Waals surface area contributed by atoms with Gasteiger partial charge in [0.2, 0.25) is 5.91 Å². The Morgan fingerprint density at radius 2 is 2.05 bits per heavy atom. The highest BCUT2D eigenvalue weighted by molar-refractivity contribution is 5.91. The number of nitrogens with one attached hydrogen (secondary N) is 2. The Morgan fingerprint density at radius 3 is 2.87 bits per heavy atom. The predicted molar refractivity (Wildman–Crippen MR) is 139 cm³/mol. The van der Waals surface area contributed by atoms with Crippen LogP contribution in [0.3, 0.4) is 0 Å². The van der Waals surface area contributed by atoms with Gasteiger partial charge in [-0.1, -0.05) is 0 Å². The standard InChI is InChI=1S/C28H31F3N6O2/c29-28(30,31)20-3-4-24-22(10-20)27(35-16-34-24)33-12-26(38)36-25-14-37(21-6-8-39-15-21)13-19(25)9-18-2-1-17-5-7-32-11-23(17)18/h3-5,7,10-11,16,18-19,21,25H,1-2,6,8-9,12-15H2,(H,36,38)(H,33,34,35)/t18?,19-,21?,25?/m0/s1. The van der Waals surface area contributed by atoms with Crippen LogP contribution in [-0.2, 0) is 22.1 Å². The average Bonchev–Trinajstić information content (AvgIpc) is 3.68. The fraction of sp³-hybridized carbons (Fsp3) is 0.500. The van der Waals surface area contributed by atoms with Crippen molar-refractivity contribution in [1.82, 2.24) is 25.2 Å². The SMILES string of the molecule is O=C(CNc1ncnc2ccc(C(F)(F)F)cc12)NC1CN(C2CCOC2)C[C@@H]1CC1CCc2ccncc21. The molecule has 2 aliphatic heterocycles. The number of pyridine rings is 1. The maximum absolute atomic E-state index is 13.3. The topological polar surface area (TPSA) is 92.3 Å². The number of amides is 1. The van der Waals surface area contributed by atoms with Crippen LogP contribution in [0.4, 0.5) is 19.0 Å². The number of hydrogen-bond acceptors (Lipinski definition) is 7. The first kappa shape index (κ1) is 25.9. The predicted octanol–water partition coefficient (Wildman–Crippen LogP) is 3.78. The molecule has 206 valence electrons. The van der Waals surface area contributed by atoms with Gasteiger partial charge >= 0.3 is 6.18 Å². The molecule has 1 aliphatic carbocycles. The molecule has 3 unspecified atom stereocenters. The van der Waals surface area contributed by atoms with E-state index in [9.17, 15) is 18.0 Å². The van der Waals surface area contributed by atoms with Gasteiger partial charge in [-0.3, -0.25) is 14.7 Å². The van der Waals surface area contributed by atoms with Crippen LogP contribution in [0.15, 0.2) is 43.0 Å². The van der Waals surface area contributed by atoms with Crippen molar-refractivity contribution in [2.45, 2.75) is 49.9 Å². The summed E-state index contributed by atoms with van der Waals surface area (Å²) in [4.78, 5) is 28.0. The maximum Gasteiger partial charge on any atom is 0.416 e. The van der Waals surface area contributed by atoms with Crippen LogP contribution in [0.1, 0.15) is 41.9 Å². The summed E-state index contributed by atoms with van der Waals surface area (Å²) in [5.74, 6) is 0.678. The molecular formula is C28H31F3N6O2. The molecule has 0 saturated carbocycles. The molecule has 4 atom stereocenters. The Balaban J connectivity index is 1.14. The summed E-state index contributed by atoms with van der Waals surface area (Å²) < 4.78 is 45.4. The van der Waals surface area contributed by atoms with E-state index in [0.717, 1.165) is 57.5 Å². The zero-order chi connectivity index (χ0) is 27.0. The minimum absolute atomic E-state index is 0.0282. The average molecular weight is 541 g/mol. The fourth-order valence-electron chi connectivity index (χ4n) is 6.34. The van der Waals surface area contributed by atoms with Crippen molar-refractivity contribution in [3.05, 3.63) is 59.7 Å². The molecule has 3 aliphatic rings. The van der Waals surface area contributed by atoms with Gasteiger partial charge < -0.3 is 15.4 Å². The molecule has 3 aromatic rings. The van der Waals surface area contributed by atoms with Crippen molar-refractivity contribution in [3.63, 3.8) is 0 Å². The van der Waals surface area contributed by atoms with Gasteiger partial charge in [0, 0.05) is 49.6 Å². The normalized spacial score (nSPS) is 25.2. The number of aromatic nitrogens is 3. The molecule has 4 heterocycles. The van der Waals surface area contributed by atoms with Gasteiger partial charge in [0.05, 0.1) is 24.2 Å². The molecule has 6 rings (SSSR count). The smallest absolute Gasteiger partial charge is 0.380 e. The van der Waals surface area contributed by atoms with Crippen molar-refractivity contribution in [2.24, 2.45) is 5.92 Å². The monoisotopic (exact) mass is 540 g/mol. The number of aryl methyl sites for hydroxylation is 1. The molecule has 2 aromatic heterocycles. The van der Waals surface area contributed by atoms with Crippen LogP contribution in [0.5, 0.6) is 0 Å². The molecule has 39 heavy (non-hydrogen) atoms. The number of carbonyl (C=O) groups is 1. The largest absolute Gasteiger partial charge is 0.416 e. The van der Waals surface area contributed by atoms with Crippen LogP contribution in [0.25, 0.3) is 10.9 Å². The number of ether oxygens (including phenoxy) is 1. The number of halogens is 3. The van der Waals surface area contributed by atoms with Gasteiger partial charge in [-0.2, -0.15) is 13.2 Å². The van der Waals surface area contributed by atoms with Gasteiger partial charge in [0.25, 0.3) is 0 Å². The third-order valence-electron chi connectivity index (χ3n) is 8.35. The number of rotatable bonds is 7. The highest BCUT2D eigenvalue weighted by atomic mass is 19.4. The summed E-state index contributed by atoms with van der Waals surface area (Å²) >= 11 is 0. The fourth-order valence-corrected chi connectivity index (χ4v) is 6.34. The molecule has 2 saturated heterocycles. The van der Waals surface area contributed by atoms with E-state index >= 15 is 0 Å². The van der Waals surface area contributed by atoms with Crippen molar-refractivity contribution in [2.75, 3.05) is 38.2 Å². The Kier molecular flexibility index (Phi) is 7.11. The van der Waals surface area contributed by atoms with E-state index in [1.54, 1.807) is 0 Å². The number of likely N-dealkylation sites (tertiary alicyclic amines) is 1. The maximum atomic E-state index is 13.3. The van der Waals surface area contributed by atoms with Crippen molar-refractivity contribution < 1.29 is 22.7 Å². The molecule has 0 bridgehead atoms. The molecular weight excluding hydrogens is 509 g/mol. The molecule has 2 fully saturated rings. The summed E-state index contributed by atoms with van der Waals surface area (Å²) in [5, 5.41) is 6.37. The van der Waals surface area contributed by atoms with E-state index in [1.165, 1.54) is 23.5 Å². The third kappa shape index (κ3) is 5.56. The van der Waals surface area contributed by atoms with Crippen LogP contribution < -0.4 is 10.6 Å². The van der Waals surface area contributed by atoms with Crippen LogP contribution >= 0.6 is 0 Å². The Bertz CT molecular complexity index is 1350. The lowest BCUT2D eigenvalue weighted by Crippen LogP contribution is -2.44. The zero-order valence-corrected chi connectivity index (χ0v) is 21.5. The lowest BCUT2D eigenvalue weighted by Gasteiger charge is -2.23. The van der Waals surface area contributed by atoms with E-state index in [1.807, 2.05) is 12.4 Å². The summed E-state index contributed by atoms with van der Waals surface area (Å²) in [5.41, 5.74) is 2.27. The number of anilines is 1. The summed E-state index contributed by atoms with van der Waals surface area (Å²) in [7, 11) is 0. The van der Waals surface area contributed by atoms with Crippen molar-refractivity contribution in [1.29, 1.82) is 0 Å². The van der Waals surface area contributed by atoms with Crippen LogP contribution in [0, 0.1) is 5.92 Å².